The molecular formula is C27H24N2O5. The van der Waals surface area contributed by atoms with Gasteiger partial charge in [0.15, 0.2) is 0 Å². The number of nitrogens with one attached hydrogen (secondary N) is 1. The van der Waals surface area contributed by atoms with E-state index in [1.165, 1.54) is 11.6 Å². The van der Waals surface area contributed by atoms with Gasteiger partial charge in [0, 0.05) is 0 Å². The van der Waals surface area contributed by atoms with Crippen LogP contribution in [0.2, 0.25) is 0 Å². The summed E-state index contributed by atoms with van der Waals surface area (Å²) in [6.45, 7) is 4.68. The Kier molecular flexibility index (Phi) is 6.73. The molecule has 4 amide bonds. The van der Waals surface area contributed by atoms with Gasteiger partial charge in [0.2, 0.25) is 0 Å². The molecule has 0 aliphatic carbocycles. The topological polar surface area (TPSA) is 84.9 Å². The molecule has 0 unspecified atom stereocenters. The van der Waals surface area contributed by atoms with E-state index in [-0.39, 0.29) is 5.57 Å². The van der Waals surface area contributed by atoms with Crippen LogP contribution in [0.25, 0.3) is 6.08 Å². The highest BCUT2D eigenvalue weighted by Gasteiger charge is 2.36. The second-order valence-electron chi connectivity index (χ2n) is 7.87. The molecule has 1 saturated heterocycles. The Hall–Kier alpha value is -4.39. The van der Waals surface area contributed by atoms with Gasteiger partial charge < -0.3 is 9.47 Å². The summed E-state index contributed by atoms with van der Waals surface area (Å²) in [5.41, 5.74) is 3.05. The SMILES string of the molecule is Cc1ccc(OCCOc2ccc(/C=C3/C(=O)NC(=O)N(c4ccc(C)cc4)C3=O)cc2)cc1. The van der Waals surface area contributed by atoms with Crippen molar-refractivity contribution in [2.24, 2.45) is 0 Å². The van der Waals surface area contributed by atoms with Crippen LogP contribution in [0.5, 0.6) is 11.5 Å². The number of aryl methyl sites for hydroxylation is 2. The monoisotopic (exact) mass is 456 g/mol. The first-order valence-electron chi connectivity index (χ1n) is 10.8. The number of carbonyl (C=O) groups is 3. The van der Waals surface area contributed by atoms with Gasteiger partial charge in [0.1, 0.15) is 30.3 Å². The molecule has 1 heterocycles. The van der Waals surface area contributed by atoms with E-state index in [1.807, 2.05) is 38.1 Å². The Balaban J connectivity index is 1.39. The number of rotatable bonds is 7. The number of barbiturate groups is 1. The van der Waals surface area contributed by atoms with Gasteiger partial charge >= 0.3 is 6.03 Å². The molecule has 1 N–H and O–H groups in total. The van der Waals surface area contributed by atoms with Gasteiger partial charge in [-0.25, -0.2) is 9.69 Å². The molecule has 1 fully saturated rings. The predicted octanol–water partition coefficient (Wildman–Crippen LogP) is 4.43. The summed E-state index contributed by atoms with van der Waals surface area (Å²) in [6.07, 6.45) is 1.45. The first kappa shape index (κ1) is 22.8. The van der Waals surface area contributed by atoms with E-state index in [0.29, 0.717) is 30.2 Å². The minimum atomic E-state index is -0.771. The van der Waals surface area contributed by atoms with E-state index in [0.717, 1.165) is 16.2 Å². The number of imide groups is 2. The second-order valence-corrected chi connectivity index (χ2v) is 7.87. The molecule has 0 radical (unpaired) electrons. The van der Waals surface area contributed by atoms with E-state index >= 15 is 0 Å². The van der Waals surface area contributed by atoms with Crippen LogP contribution in [-0.2, 0) is 9.59 Å². The van der Waals surface area contributed by atoms with Crippen LogP contribution < -0.4 is 19.7 Å². The van der Waals surface area contributed by atoms with Crippen molar-refractivity contribution in [3.05, 3.63) is 95.1 Å². The number of hydrogen-bond donors (Lipinski definition) is 1. The van der Waals surface area contributed by atoms with Crippen molar-refractivity contribution in [1.82, 2.24) is 5.32 Å². The van der Waals surface area contributed by atoms with Crippen LogP contribution in [0.4, 0.5) is 10.5 Å². The molecule has 0 atom stereocenters. The van der Waals surface area contributed by atoms with Crippen molar-refractivity contribution in [2.75, 3.05) is 18.1 Å². The number of urea groups is 1. The fourth-order valence-electron chi connectivity index (χ4n) is 3.37. The Morgan fingerprint density at radius 3 is 1.79 bits per heavy atom. The first-order valence-corrected chi connectivity index (χ1v) is 10.8. The third kappa shape index (κ3) is 5.32. The van der Waals surface area contributed by atoms with Crippen LogP contribution in [-0.4, -0.2) is 31.1 Å². The molecular weight excluding hydrogens is 432 g/mol. The number of anilines is 1. The minimum Gasteiger partial charge on any atom is -0.490 e. The van der Waals surface area contributed by atoms with Crippen molar-refractivity contribution in [2.45, 2.75) is 13.8 Å². The molecule has 7 heteroatoms. The summed E-state index contributed by atoms with van der Waals surface area (Å²) >= 11 is 0. The summed E-state index contributed by atoms with van der Waals surface area (Å²) < 4.78 is 11.3. The number of amides is 4. The lowest BCUT2D eigenvalue weighted by molar-refractivity contribution is -0.122. The van der Waals surface area contributed by atoms with Crippen molar-refractivity contribution in [3.8, 4) is 11.5 Å². The van der Waals surface area contributed by atoms with E-state index < -0.39 is 17.8 Å². The molecule has 3 aromatic rings. The van der Waals surface area contributed by atoms with E-state index in [2.05, 4.69) is 5.32 Å². The van der Waals surface area contributed by atoms with Crippen LogP contribution in [0.15, 0.2) is 78.4 Å². The number of hydrogen-bond acceptors (Lipinski definition) is 5. The number of carbonyl (C=O) groups excluding carboxylic acids is 3. The number of benzene rings is 3. The molecule has 1 aliphatic rings. The molecule has 0 spiro atoms. The van der Waals surface area contributed by atoms with Crippen molar-refractivity contribution >= 4 is 29.6 Å². The quantitative estimate of drug-likeness (QED) is 0.323. The summed E-state index contributed by atoms with van der Waals surface area (Å²) in [4.78, 5) is 38.5. The van der Waals surface area contributed by atoms with Crippen molar-refractivity contribution in [3.63, 3.8) is 0 Å². The van der Waals surface area contributed by atoms with Crippen LogP contribution in [0, 0.1) is 13.8 Å². The largest absolute Gasteiger partial charge is 0.490 e. The molecule has 34 heavy (non-hydrogen) atoms. The van der Waals surface area contributed by atoms with Gasteiger partial charge in [-0.05, 0) is 61.9 Å². The van der Waals surface area contributed by atoms with Gasteiger partial charge in [-0.2, -0.15) is 0 Å². The standard InChI is InChI=1S/C27H24N2O5/c1-18-3-9-21(10-4-18)29-26(31)24(25(30)28-27(29)32)17-20-7-13-23(14-8-20)34-16-15-33-22-11-5-19(2)6-12-22/h3-14,17H,15-16H2,1-2H3,(H,28,30,32)/b24-17-. The maximum Gasteiger partial charge on any atom is 0.335 e. The zero-order chi connectivity index (χ0) is 24.1. The summed E-state index contributed by atoms with van der Waals surface area (Å²) in [5, 5.41) is 2.23. The lowest BCUT2D eigenvalue weighted by Crippen LogP contribution is -2.54. The lowest BCUT2D eigenvalue weighted by Gasteiger charge is -2.26. The first-order chi connectivity index (χ1) is 16.4. The highest BCUT2D eigenvalue weighted by atomic mass is 16.5. The maximum absolute atomic E-state index is 13.0. The van der Waals surface area contributed by atoms with Gasteiger partial charge in [-0.3, -0.25) is 14.9 Å². The summed E-state index contributed by atoms with van der Waals surface area (Å²) in [5.74, 6) is 0.00780. The third-order valence-corrected chi connectivity index (χ3v) is 5.23. The molecule has 7 nitrogen and oxygen atoms in total. The highest BCUT2D eigenvalue weighted by molar-refractivity contribution is 6.39. The van der Waals surface area contributed by atoms with E-state index in [1.54, 1.807) is 48.5 Å². The zero-order valence-electron chi connectivity index (χ0n) is 18.9. The predicted molar refractivity (Wildman–Crippen MR) is 129 cm³/mol. The van der Waals surface area contributed by atoms with Crippen LogP contribution in [0.1, 0.15) is 16.7 Å². The van der Waals surface area contributed by atoms with Crippen molar-refractivity contribution < 1.29 is 23.9 Å². The number of ether oxygens (including phenoxy) is 2. The molecule has 3 aromatic carbocycles. The second kappa shape index (κ2) is 10.0. The molecule has 4 rings (SSSR count). The highest BCUT2D eigenvalue weighted by Crippen LogP contribution is 2.23. The Morgan fingerprint density at radius 2 is 1.24 bits per heavy atom. The zero-order valence-corrected chi connectivity index (χ0v) is 18.9. The van der Waals surface area contributed by atoms with Gasteiger partial charge in [-0.1, -0.05) is 47.5 Å². The van der Waals surface area contributed by atoms with E-state index in [9.17, 15) is 14.4 Å². The summed E-state index contributed by atoms with van der Waals surface area (Å²) in [6, 6.07) is 20.9. The smallest absolute Gasteiger partial charge is 0.335 e. The fourth-order valence-corrected chi connectivity index (χ4v) is 3.37. The average molecular weight is 456 g/mol. The number of nitrogens with zero attached hydrogens (tertiary/aromatic N) is 1. The third-order valence-electron chi connectivity index (χ3n) is 5.23. The summed E-state index contributed by atoms with van der Waals surface area (Å²) in [7, 11) is 0. The molecule has 0 bridgehead atoms. The molecule has 172 valence electrons. The van der Waals surface area contributed by atoms with Gasteiger partial charge in [-0.15, -0.1) is 0 Å². The Bertz CT molecular complexity index is 1230. The van der Waals surface area contributed by atoms with E-state index in [4.69, 9.17) is 9.47 Å². The van der Waals surface area contributed by atoms with Gasteiger partial charge in [0.25, 0.3) is 11.8 Å². The molecule has 0 aromatic heterocycles. The maximum atomic E-state index is 13.0. The average Bonchev–Trinajstić information content (AvgIpc) is 2.82. The lowest BCUT2D eigenvalue weighted by atomic mass is 10.1. The van der Waals surface area contributed by atoms with Gasteiger partial charge in [0.05, 0.1) is 5.69 Å². The fraction of sp³-hybridized carbons (Fsp3) is 0.148. The molecule has 0 saturated carbocycles. The van der Waals surface area contributed by atoms with Crippen LogP contribution >= 0.6 is 0 Å². The normalized spacial score (nSPS) is 14.8. The Labute approximate surface area is 197 Å². The van der Waals surface area contributed by atoms with Crippen molar-refractivity contribution in [1.29, 1.82) is 0 Å². The van der Waals surface area contributed by atoms with Crippen LogP contribution in [0.3, 0.4) is 0 Å². The minimum absolute atomic E-state index is 0.125. The Morgan fingerprint density at radius 1 is 0.735 bits per heavy atom. The molecule has 1 aliphatic heterocycles.